The Morgan fingerprint density at radius 3 is 2.50 bits per heavy atom. The lowest BCUT2D eigenvalue weighted by Gasteiger charge is -2.11. The first-order valence-corrected chi connectivity index (χ1v) is 7.26. The maximum atomic E-state index is 10.3. The molecule has 22 heavy (non-hydrogen) atoms. The summed E-state index contributed by atoms with van der Waals surface area (Å²) in [5.41, 5.74) is 11.2. The predicted molar refractivity (Wildman–Crippen MR) is 87.6 cm³/mol. The lowest BCUT2D eigenvalue weighted by atomic mass is 10.0. The van der Waals surface area contributed by atoms with Crippen molar-refractivity contribution in [2.45, 2.75) is 19.9 Å². The quantitative estimate of drug-likeness (QED) is 0.814. The topological polar surface area (TPSA) is 53.5 Å². The maximum absolute atomic E-state index is 10.3. The van der Waals surface area contributed by atoms with Crippen LogP contribution in [0.25, 0.3) is 5.70 Å². The number of aromatic hydroxyl groups is 1. The lowest BCUT2D eigenvalue weighted by molar-refractivity contribution is 0.414. The molecule has 0 aromatic heterocycles. The SMILES string of the molecule is COc1ccc(C2C=C(c3cc(C)cc(C)c3O)NN2)cc1. The summed E-state index contributed by atoms with van der Waals surface area (Å²) in [5.74, 6) is 1.16. The van der Waals surface area contributed by atoms with E-state index in [2.05, 4.69) is 16.9 Å². The number of hydrogen-bond donors (Lipinski definition) is 3. The molecule has 0 amide bonds. The Balaban J connectivity index is 1.91. The molecular formula is C18H20N2O2. The van der Waals surface area contributed by atoms with Gasteiger partial charge in [-0.15, -0.1) is 0 Å². The Kier molecular flexibility index (Phi) is 3.77. The molecule has 1 aliphatic rings. The van der Waals surface area contributed by atoms with E-state index in [1.54, 1.807) is 7.11 Å². The van der Waals surface area contributed by atoms with Crippen LogP contribution in [0.4, 0.5) is 0 Å². The van der Waals surface area contributed by atoms with E-state index >= 15 is 0 Å². The van der Waals surface area contributed by atoms with Gasteiger partial charge in [-0.25, -0.2) is 5.43 Å². The van der Waals surface area contributed by atoms with Crippen molar-refractivity contribution in [3.63, 3.8) is 0 Å². The second kappa shape index (κ2) is 5.73. The van der Waals surface area contributed by atoms with E-state index in [9.17, 15) is 5.11 Å². The van der Waals surface area contributed by atoms with E-state index in [1.165, 1.54) is 0 Å². The van der Waals surface area contributed by atoms with Crippen molar-refractivity contribution in [1.29, 1.82) is 0 Å². The van der Waals surface area contributed by atoms with Gasteiger partial charge >= 0.3 is 0 Å². The number of hydrazine groups is 1. The van der Waals surface area contributed by atoms with Crippen molar-refractivity contribution in [1.82, 2.24) is 10.9 Å². The van der Waals surface area contributed by atoms with Gasteiger partial charge in [0.1, 0.15) is 11.5 Å². The molecule has 4 nitrogen and oxygen atoms in total. The number of benzene rings is 2. The second-order valence-electron chi connectivity index (χ2n) is 5.58. The first kappa shape index (κ1) is 14.5. The third-order valence-corrected chi connectivity index (χ3v) is 3.91. The standard InChI is InChI=1S/C18H20N2O2/c1-11-8-12(2)18(21)15(9-11)17-10-16(19-20-17)13-4-6-14(22-3)7-5-13/h4-10,16,19-21H,1-3H3. The van der Waals surface area contributed by atoms with Gasteiger partial charge in [0, 0.05) is 5.56 Å². The average Bonchev–Trinajstić information content (AvgIpc) is 3.00. The number of phenols is 1. The highest BCUT2D eigenvalue weighted by Crippen LogP contribution is 2.32. The minimum Gasteiger partial charge on any atom is -0.507 e. The van der Waals surface area contributed by atoms with Crippen molar-refractivity contribution in [3.05, 3.63) is 64.7 Å². The lowest BCUT2D eigenvalue weighted by Crippen LogP contribution is -2.26. The summed E-state index contributed by atoms with van der Waals surface area (Å²) < 4.78 is 5.18. The number of phenolic OH excluding ortho intramolecular Hbond substituents is 1. The molecule has 4 heteroatoms. The van der Waals surface area contributed by atoms with Gasteiger partial charge in [-0.2, -0.15) is 0 Å². The number of methoxy groups -OCH3 is 1. The van der Waals surface area contributed by atoms with Crippen LogP contribution in [0, 0.1) is 13.8 Å². The predicted octanol–water partition coefficient (Wildman–Crippen LogP) is 3.21. The van der Waals surface area contributed by atoms with Crippen molar-refractivity contribution >= 4 is 5.70 Å². The molecule has 0 saturated heterocycles. The van der Waals surface area contributed by atoms with Gasteiger partial charge in [-0.1, -0.05) is 18.2 Å². The Labute approximate surface area is 130 Å². The van der Waals surface area contributed by atoms with Crippen LogP contribution in [0.5, 0.6) is 11.5 Å². The number of nitrogens with one attached hydrogen (secondary N) is 2. The molecule has 3 N–H and O–H groups in total. The number of ether oxygens (including phenoxy) is 1. The zero-order valence-corrected chi connectivity index (χ0v) is 13.0. The summed E-state index contributed by atoms with van der Waals surface area (Å²) in [5, 5.41) is 10.3. The van der Waals surface area contributed by atoms with E-state index in [0.717, 1.165) is 33.7 Å². The molecule has 1 aliphatic heterocycles. The molecule has 0 aliphatic carbocycles. The van der Waals surface area contributed by atoms with Gasteiger partial charge in [0.2, 0.25) is 0 Å². The molecule has 2 aromatic carbocycles. The summed E-state index contributed by atoms with van der Waals surface area (Å²) in [6, 6.07) is 12.0. The van der Waals surface area contributed by atoms with Crippen molar-refractivity contribution < 1.29 is 9.84 Å². The van der Waals surface area contributed by atoms with Crippen molar-refractivity contribution in [3.8, 4) is 11.5 Å². The first-order chi connectivity index (χ1) is 10.6. The highest BCUT2D eigenvalue weighted by molar-refractivity contribution is 5.72. The van der Waals surface area contributed by atoms with Gasteiger partial charge in [0.05, 0.1) is 18.8 Å². The minimum atomic E-state index is 0.0566. The molecule has 0 fully saturated rings. The monoisotopic (exact) mass is 296 g/mol. The highest BCUT2D eigenvalue weighted by Gasteiger charge is 2.20. The van der Waals surface area contributed by atoms with Crippen molar-refractivity contribution in [2.75, 3.05) is 7.11 Å². The van der Waals surface area contributed by atoms with Crippen LogP contribution in [0.2, 0.25) is 0 Å². The van der Waals surface area contributed by atoms with Crippen LogP contribution in [0.3, 0.4) is 0 Å². The second-order valence-corrected chi connectivity index (χ2v) is 5.58. The smallest absolute Gasteiger partial charge is 0.127 e. The Morgan fingerprint density at radius 2 is 1.82 bits per heavy atom. The van der Waals surface area contributed by atoms with Gasteiger partial charge in [0.15, 0.2) is 0 Å². The maximum Gasteiger partial charge on any atom is 0.127 e. The van der Waals surface area contributed by atoms with E-state index in [1.807, 2.05) is 50.2 Å². The fourth-order valence-electron chi connectivity index (χ4n) is 2.72. The average molecular weight is 296 g/mol. The normalized spacial score (nSPS) is 17.0. The molecule has 1 unspecified atom stereocenters. The number of rotatable bonds is 3. The van der Waals surface area contributed by atoms with Crippen LogP contribution in [0.1, 0.15) is 28.3 Å². The molecule has 0 radical (unpaired) electrons. The number of hydrogen-bond acceptors (Lipinski definition) is 4. The molecule has 1 heterocycles. The Morgan fingerprint density at radius 1 is 1.09 bits per heavy atom. The summed E-state index contributed by atoms with van der Waals surface area (Å²) >= 11 is 0. The summed E-state index contributed by atoms with van der Waals surface area (Å²) in [4.78, 5) is 0. The third kappa shape index (κ3) is 2.65. The Hall–Kier alpha value is -2.46. The molecule has 0 spiro atoms. The van der Waals surface area contributed by atoms with Gasteiger partial charge in [-0.05, 0) is 54.8 Å². The first-order valence-electron chi connectivity index (χ1n) is 7.26. The molecule has 2 aromatic rings. The Bertz CT molecular complexity index is 721. The van der Waals surface area contributed by atoms with Crippen LogP contribution in [-0.2, 0) is 0 Å². The van der Waals surface area contributed by atoms with Crippen LogP contribution in [-0.4, -0.2) is 12.2 Å². The molecule has 0 bridgehead atoms. The van der Waals surface area contributed by atoms with E-state index in [0.29, 0.717) is 5.75 Å². The highest BCUT2D eigenvalue weighted by atomic mass is 16.5. The molecule has 114 valence electrons. The van der Waals surface area contributed by atoms with Crippen LogP contribution < -0.4 is 15.6 Å². The molecule has 3 rings (SSSR count). The van der Waals surface area contributed by atoms with E-state index < -0.39 is 0 Å². The van der Waals surface area contributed by atoms with Gasteiger partial charge in [0.25, 0.3) is 0 Å². The minimum absolute atomic E-state index is 0.0566. The zero-order chi connectivity index (χ0) is 15.7. The van der Waals surface area contributed by atoms with Gasteiger partial charge < -0.3 is 15.3 Å². The molecular weight excluding hydrogens is 276 g/mol. The van der Waals surface area contributed by atoms with E-state index in [-0.39, 0.29) is 6.04 Å². The fraction of sp³-hybridized carbons (Fsp3) is 0.222. The fourth-order valence-corrected chi connectivity index (χ4v) is 2.72. The summed E-state index contributed by atoms with van der Waals surface area (Å²) in [6.45, 7) is 3.94. The van der Waals surface area contributed by atoms with E-state index in [4.69, 9.17) is 4.74 Å². The van der Waals surface area contributed by atoms with Gasteiger partial charge in [-0.3, -0.25) is 0 Å². The van der Waals surface area contributed by atoms with Crippen molar-refractivity contribution in [2.24, 2.45) is 0 Å². The van der Waals surface area contributed by atoms with Crippen LogP contribution >= 0.6 is 0 Å². The molecule has 0 saturated carbocycles. The summed E-state index contributed by atoms with van der Waals surface area (Å²) in [7, 11) is 1.66. The third-order valence-electron chi connectivity index (χ3n) is 3.91. The summed E-state index contributed by atoms with van der Waals surface area (Å²) in [6.07, 6.45) is 2.08. The molecule has 1 atom stereocenters. The largest absolute Gasteiger partial charge is 0.507 e. The van der Waals surface area contributed by atoms with Crippen LogP contribution in [0.15, 0.2) is 42.5 Å². The number of aryl methyl sites for hydroxylation is 2. The zero-order valence-electron chi connectivity index (χ0n) is 13.0.